The van der Waals surface area contributed by atoms with Crippen molar-refractivity contribution in [2.75, 3.05) is 6.26 Å². The monoisotopic (exact) mass is 343 g/mol. The molecule has 120 valence electrons. The van der Waals surface area contributed by atoms with Crippen LogP contribution in [0.4, 0.5) is 13.2 Å². The third kappa shape index (κ3) is 7.05. The molecule has 0 saturated carbocycles. The maximum atomic E-state index is 12.0. The minimum absolute atomic E-state index is 0.0176. The Morgan fingerprint density at radius 2 is 1.71 bits per heavy atom. The molecule has 4 nitrogen and oxygen atoms in total. The minimum Gasteiger partial charge on any atom is -0.417 e. The molecule has 9 heteroatoms. The predicted molar refractivity (Wildman–Crippen MR) is 76.3 cm³/mol. The van der Waals surface area contributed by atoms with Crippen LogP contribution in [0.15, 0.2) is 24.3 Å². The van der Waals surface area contributed by atoms with Crippen molar-refractivity contribution in [3.05, 3.63) is 29.8 Å². The van der Waals surface area contributed by atoms with Crippen molar-refractivity contribution in [2.45, 2.75) is 25.4 Å². The molecule has 0 amide bonds. The summed E-state index contributed by atoms with van der Waals surface area (Å²) in [6, 6.07) is 5.36. The van der Waals surface area contributed by atoms with Crippen molar-refractivity contribution >= 4 is 22.1 Å². The summed E-state index contributed by atoms with van der Waals surface area (Å²) >= 11 is -0.594. The third-order valence-corrected chi connectivity index (χ3v) is 3.63. The molecule has 1 aromatic carbocycles. The molecule has 0 bridgehead atoms. The molecule has 0 heterocycles. The van der Waals surface area contributed by atoms with Gasteiger partial charge in [-0.25, -0.2) is 13.1 Å². The lowest BCUT2D eigenvalue weighted by atomic mass is 9.97. The summed E-state index contributed by atoms with van der Waals surface area (Å²) in [7, 11) is -3.39. The van der Waals surface area contributed by atoms with Gasteiger partial charge in [-0.15, -0.1) is 0 Å². The summed E-state index contributed by atoms with van der Waals surface area (Å²) in [5, 5.41) is 0. The number of sulfonamides is 1. The number of benzene rings is 1. The van der Waals surface area contributed by atoms with Gasteiger partial charge >= 0.3 is 5.51 Å². The van der Waals surface area contributed by atoms with Gasteiger partial charge < -0.3 is 4.18 Å². The fourth-order valence-corrected chi connectivity index (χ4v) is 2.82. The van der Waals surface area contributed by atoms with E-state index in [9.17, 15) is 21.6 Å². The van der Waals surface area contributed by atoms with Crippen LogP contribution in [0.3, 0.4) is 0 Å². The topological polar surface area (TPSA) is 55.4 Å². The lowest BCUT2D eigenvalue weighted by Gasteiger charge is -2.22. The van der Waals surface area contributed by atoms with E-state index in [1.54, 1.807) is 0 Å². The second-order valence-corrected chi connectivity index (χ2v) is 7.37. The molecule has 1 aromatic rings. The largest absolute Gasteiger partial charge is 0.479 e. The van der Waals surface area contributed by atoms with Gasteiger partial charge in [-0.3, -0.25) is 0 Å². The molecule has 0 aromatic heterocycles. The van der Waals surface area contributed by atoms with Crippen molar-refractivity contribution in [3.63, 3.8) is 0 Å². The van der Waals surface area contributed by atoms with E-state index in [-0.39, 0.29) is 11.7 Å². The number of rotatable bonds is 6. The Kier molecular flexibility index (Phi) is 5.94. The highest BCUT2D eigenvalue weighted by Crippen LogP contribution is 2.33. The standard InChI is InChI=1S/C12H16F3NO3S2/c1-8(2)11(16-21(3,17)18)9-4-6-10(7-5-9)19-20-12(13,14)15/h4-8,11,16H,1-3H3/t11-/m1/s1. The summed E-state index contributed by atoms with van der Waals surface area (Å²) < 4.78 is 65.7. The molecular formula is C12H16F3NO3S2. The Morgan fingerprint density at radius 1 is 1.19 bits per heavy atom. The van der Waals surface area contributed by atoms with E-state index in [0.29, 0.717) is 5.56 Å². The van der Waals surface area contributed by atoms with E-state index < -0.39 is 33.6 Å². The van der Waals surface area contributed by atoms with Crippen molar-refractivity contribution in [1.82, 2.24) is 4.72 Å². The summed E-state index contributed by atoms with van der Waals surface area (Å²) in [6.45, 7) is 3.68. The molecule has 1 N–H and O–H groups in total. The smallest absolute Gasteiger partial charge is 0.417 e. The number of nitrogens with one attached hydrogen (secondary N) is 1. The molecule has 0 unspecified atom stereocenters. The zero-order valence-corrected chi connectivity index (χ0v) is 13.3. The van der Waals surface area contributed by atoms with E-state index >= 15 is 0 Å². The molecule has 21 heavy (non-hydrogen) atoms. The lowest BCUT2D eigenvalue weighted by molar-refractivity contribution is -0.0369. The Morgan fingerprint density at radius 3 is 2.10 bits per heavy atom. The van der Waals surface area contributed by atoms with E-state index in [1.165, 1.54) is 24.3 Å². The zero-order chi connectivity index (χ0) is 16.3. The van der Waals surface area contributed by atoms with Crippen LogP contribution in [0.2, 0.25) is 0 Å². The first-order chi connectivity index (χ1) is 9.48. The Hall–Kier alpha value is -0.930. The summed E-state index contributed by atoms with van der Waals surface area (Å²) in [5.41, 5.74) is -3.82. The minimum atomic E-state index is -4.48. The number of hydrogen-bond acceptors (Lipinski definition) is 4. The van der Waals surface area contributed by atoms with Crippen LogP contribution in [0.1, 0.15) is 25.5 Å². The van der Waals surface area contributed by atoms with Crippen LogP contribution in [0.25, 0.3) is 0 Å². The summed E-state index contributed by atoms with van der Waals surface area (Å²) in [4.78, 5) is 0. The quantitative estimate of drug-likeness (QED) is 0.804. The first kappa shape index (κ1) is 18.1. The molecule has 0 saturated heterocycles. The van der Waals surface area contributed by atoms with Gasteiger partial charge in [-0.05, 0) is 23.6 Å². The fraction of sp³-hybridized carbons (Fsp3) is 0.500. The predicted octanol–water partition coefficient (Wildman–Crippen LogP) is 3.48. The van der Waals surface area contributed by atoms with E-state index in [2.05, 4.69) is 8.91 Å². The highest BCUT2D eigenvalue weighted by molar-refractivity contribution is 7.95. The maximum Gasteiger partial charge on any atom is 0.479 e. The van der Waals surface area contributed by atoms with Gasteiger partial charge in [0.2, 0.25) is 10.0 Å². The Balaban J connectivity index is 2.83. The van der Waals surface area contributed by atoms with Gasteiger partial charge in [-0.1, -0.05) is 26.0 Å². The number of hydrogen-bond donors (Lipinski definition) is 1. The van der Waals surface area contributed by atoms with Gasteiger partial charge in [0.25, 0.3) is 0 Å². The van der Waals surface area contributed by atoms with Gasteiger partial charge in [0, 0.05) is 6.04 Å². The van der Waals surface area contributed by atoms with Crippen LogP contribution in [0.5, 0.6) is 5.75 Å². The van der Waals surface area contributed by atoms with E-state index in [1.807, 2.05) is 13.8 Å². The molecular weight excluding hydrogens is 327 g/mol. The molecule has 0 radical (unpaired) electrons. The molecule has 0 spiro atoms. The average Bonchev–Trinajstić information content (AvgIpc) is 2.32. The van der Waals surface area contributed by atoms with E-state index in [0.717, 1.165) is 6.26 Å². The summed E-state index contributed by atoms with van der Waals surface area (Å²) in [6.07, 6.45) is 1.06. The van der Waals surface area contributed by atoms with Crippen LogP contribution in [0, 0.1) is 5.92 Å². The molecule has 1 rings (SSSR count). The third-order valence-electron chi connectivity index (χ3n) is 2.48. The maximum absolute atomic E-state index is 12.0. The highest BCUT2D eigenvalue weighted by atomic mass is 32.2. The lowest BCUT2D eigenvalue weighted by Crippen LogP contribution is -2.30. The molecule has 0 aliphatic carbocycles. The SMILES string of the molecule is CC(C)[C@@H](NS(C)(=O)=O)c1ccc(OSC(F)(F)F)cc1. The Bertz CT molecular complexity index is 556. The van der Waals surface area contributed by atoms with Gasteiger partial charge in [0.1, 0.15) is 5.75 Å². The normalized spacial score (nSPS) is 14.2. The second kappa shape index (κ2) is 6.89. The average molecular weight is 343 g/mol. The molecule has 0 fully saturated rings. The number of alkyl halides is 3. The first-order valence-corrected chi connectivity index (χ1v) is 8.61. The van der Waals surface area contributed by atoms with Crippen LogP contribution >= 0.6 is 12.0 Å². The molecule has 1 atom stereocenters. The van der Waals surface area contributed by atoms with Gasteiger partial charge in [-0.2, -0.15) is 13.2 Å². The Labute approximate surface area is 126 Å². The van der Waals surface area contributed by atoms with Crippen LogP contribution in [-0.4, -0.2) is 20.2 Å². The van der Waals surface area contributed by atoms with Gasteiger partial charge in [0.15, 0.2) is 12.0 Å². The van der Waals surface area contributed by atoms with Crippen LogP contribution in [-0.2, 0) is 10.0 Å². The summed E-state index contributed by atoms with van der Waals surface area (Å²) in [5.74, 6) is 0.0268. The van der Waals surface area contributed by atoms with Crippen LogP contribution < -0.4 is 8.91 Å². The van der Waals surface area contributed by atoms with E-state index in [4.69, 9.17) is 0 Å². The van der Waals surface area contributed by atoms with Crippen molar-refractivity contribution in [2.24, 2.45) is 5.92 Å². The van der Waals surface area contributed by atoms with Crippen molar-refractivity contribution in [1.29, 1.82) is 0 Å². The molecule has 0 aliphatic heterocycles. The van der Waals surface area contributed by atoms with Crippen molar-refractivity contribution < 1.29 is 25.8 Å². The first-order valence-electron chi connectivity index (χ1n) is 5.97. The van der Waals surface area contributed by atoms with Gasteiger partial charge in [0.05, 0.1) is 6.26 Å². The van der Waals surface area contributed by atoms with Crippen molar-refractivity contribution in [3.8, 4) is 5.75 Å². The fourth-order valence-electron chi connectivity index (χ4n) is 1.65. The second-order valence-electron chi connectivity index (χ2n) is 4.79. The number of halogens is 3. The molecule has 0 aliphatic rings. The highest BCUT2D eigenvalue weighted by Gasteiger charge is 2.31. The zero-order valence-electron chi connectivity index (χ0n) is 11.6.